The highest BCUT2D eigenvalue weighted by Gasteiger charge is 2.32. The summed E-state index contributed by atoms with van der Waals surface area (Å²) in [6.45, 7) is 5.60. The molecule has 0 aliphatic carbocycles. The van der Waals surface area contributed by atoms with Crippen LogP contribution in [-0.2, 0) is 4.79 Å². The molecule has 5 heteroatoms. The van der Waals surface area contributed by atoms with Crippen LogP contribution in [0.25, 0.3) is 0 Å². The summed E-state index contributed by atoms with van der Waals surface area (Å²) in [4.78, 5) is 12.3. The zero-order valence-electron chi connectivity index (χ0n) is 12.1. The van der Waals surface area contributed by atoms with Gasteiger partial charge in [0.1, 0.15) is 11.4 Å². The zero-order valence-corrected chi connectivity index (χ0v) is 13.0. The molecular formula is C15H22FNO2S. The van der Waals surface area contributed by atoms with Crippen LogP contribution in [0.2, 0.25) is 0 Å². The van der Waals surface area contributed by atoms with Crippen LogP contribution in [0.4, 0.5) is 4.39 Å². The van der Waals surface area contributed by atoms with Crippen molar-refractivity contribution in [3.63, 3.8) is 0 Å². The average molecular weight is 299 g/mol. The first-order valence-electron chi connectivity index (χ1n) is 6.73. The highest BCUT2D eigenvalue weighted by Crippen LogP contribution is 2.22. The van der Waals surface area contributed by atoms with Crippen molar-refractivity contribution in [2.75, 3.05) is 5.75 Å². The molecule has 0 saturated heterocycles. The number of halogens is 1. The minimum absolute atomic E-state index is 0.126. The van der Waals surface area contributed by atoms with Gasteiger partial charge < -0.3 is 5.11 Å². The van der Waals surface area contributed by atoms with Crippen LogP contribution >= 0.6 is 11.8 Å². The van der Waals surface area contributed by atoms with E-state index in [1.807, 2.05) is 13.8 Å². The average Bonchev–Trinajstić information content (AvgIpc) is 2.36. The molecule has 0 spiro atoms. The van der Waals surface area contributed by atoms with Gasteiger partial charge in [0.05, 0.1) is 0 Å². The maximum atomic E-state index is 12.8. The molecule has 3 nitrogen and oxygen atoms in total. The number of hydrogen-bond donors (Lipinski definition) is 2. The second kappa shape index (κ2) is 7.64. The summed E-state index contributed by atoms with van der Waals surface area (Å²) in [5.41, 5.74) is -0.891. The van der Waals surface area contributed by atoms with Gasteiger partial charge in [0.2, 0.25) is 0 Å². The molecular weight excluding hydrogens is 277 g/mol. The maximum Gasteiger partial charge on any atom is 0.323 e. The smallest absolute Gasteiger partial charge is 0.323 e. The van der Waals surface area contributed by atoms with Gasteiger partial charge in [-0.3, -0.25) is 10.1 Å². The summed E-state index contributed by atoms with van der Waals surface area (Å²) < 4.78 is 12.8. The van der Waals surface area contributed by atoms with Gasteiger partial charge in [-0.2, -0.15) is 0 Å². The van der Waals surface area contributed by atoms with Gasteiger partial charge in [-0.15, -0.1) is 11.8 Å². The molecule has 0 aliphatic rings. The molecule has 0 aromatic heterocycles. The predicted octanol–water partition coefficient (Wildman–Crippen LogP) is 3.54. The third kappa shape index (κ3) is 5.51. The Morgan fingerprint density at radius 1 is 1.40 bits per heavy atom. The summed E-state index contributed by atoms with van der Waals surface area (Å²) >= 11 is 1.61. The minimum Gasteiger partial charge on any atom is -0.480 e. The van der Waals surface area contributed by atoms with Crippen LogP contribution in [-0.4, -0.2) is 28.4 Å². The second-order valence-electron chi connectivity index (χ2n) is 5.34. The fourth-order valence-corrected chi connectivity index (χ4v) is 2.88. The van der Waals surface area contributed by atoms with E-state index in [0.29, 0.717) is 6.42 Å². The lowest BCUT2D eigenvalue weighted by atomic mass is 9.95. The molecule has 0 amide bonds. The third-order valence-electron chi connectivity index (χ3n) is 2.98. The molecule has 0 saturated carbocycles. The Balaban J connectivity index is 2.41. The molecule has 1 unspecified atom stereocenters. The molecule has 0 bridgehead atoms. The van der Waals surface area contributed by atoms with Gasteiger partial charge in [0.25, 0.3) is 0 Å². The number of benzene rings is 1. The van der Waals surface area contributed by atoms with Crippen molar-refractivity contribution in [2.45, 2.75) is 50.1 Å². The lowest BCUT2D eigenvalue weighted by Gasteiger charge is -2.28. The van der Waals surface area contributed by atoms with Gasteiger partial charge in [0, 0.05) is 10.9 Å². The van der Waals surface area contributed by atoms with Crippen LogP contribution in [0.1, 0.15) is 33.6 Å². The van der Waals surface area contributed by atoms with Gasteiger partial charge >= 0.3 is 5.97 Å². The van der Waals surface area contributed by atoms with Crippen LogP contribution in [0, 0.1) is 5.82 Å². The van der Waals surface area contributed by atoms with E-state index < -0.39 is 11.5 Å². The van der Waals surface area contributed by atoms with Crippen molar-refractivity contribution >= 4 is 17.7 Å². The minimum atomic E-state index is -0.891. The first-order chi connectivity index (χ1) is 9.33. The van der Waals surface area contributed by atoms with E-state index in [-0.39, 0.29) is 11.9 Å². The molecule has 20 heavy (non-hydrogen) atoms. The molecule has 1 atom stereocenters. The van der Waals surface area contributed by atoms with Crippen molar-refractivity contribution < 1.29 is 14.3 Å². The van der Waals surface area contributed by atoms with Crippen molar-refractivity contribution in [3.8, 4) is 0 Å². The van der Waals surface area contributed by atoms with Gasteiger partial charge in [-0.05, 0) is 63.6 Å². The SMILES string of the molecule is CC(C)NC(C)(CCCSc1ccc(F)cc1)C(=O)O. The number of carbonyl (C=O) groups is 1. The number of aliphatic carboxylic acids is 1. The highest BCUT2D eigenvalue weighted by molar-refractivity contribution is 7.99. The van der Waals surface area contributed by atoms with E-state index in [9.17, 15) is 14.3 Å². The Morgan fingerprint density at radius 3 is 2.50 bits per heavy atom. The van der Waals surface area contributed by atoms with Crippen LogP contribution in [0.5, 0.6) is 0 Å². The molecule has 1 aromatic rings. The van der Waals surface area contributed by atoms with Gasteiger partial charge in [-0.25, -0.2) is 4.39 Å². The molecule has 0 fully saturated rings. The number of carboxylic acid groups (broad SMARTS) is 1. The van der Waals surface area contributed by atoms with E-state index in [1.165, 1.54) is 12.1 Å². The quantitative estimate of drug-likeness (QED) is 0.569. The summed E-state index contributed by atoms with van der Waals surface area (Å²) in [5, 5.41) is 12.4. The van der Waals surface area contributed by atoms with Gasteiger partial charge in [0.15, 0.2) is 0 Å². The number of carboxylic acids is 1. The largest absolute Gasteiger partial charge is 0.480 e. The van der Waals surface area contributed by atoms with Crippen molar-refractivity contribution in [3.05, 3.63) is 30.1 Å². The molecule has 1 rings (SSSR count). The predicted molar refractivity (Wildman–Crippen MR) is 80.7 cm³/mol. The van der Waals surface area contributed by atoms with E-state index in [0.717, 1.165) is 17.1 Å². The summed E-state index contributed by atoms with van der Waals surface area (Å²) in [6.07, 6.45) is 1.35. The van der Waals surface area contributed by atoms with Crippen LogP contribution in [0.15, 0.2) is 29.2 Å². The number of rotatable bonds is 8. The Labute approximate surface area is 124 Å². The molecule has 112 valence electrons. The Morgan fingerprint density at radius 2 is 2.00 bits per heavy atom. The van der Waals surface area contributed by atoms with Gasteiger partial charge in [-0.1, -0.05) is 0 Å². The first-order valence-corrected chi connectivity index (χ1v) is 7.71. The lowest BCUT2D eigenvalue weighted by Crippen LogP contribution is -2.52. The lowest BCUT2D eigenvalue weighted by molar-refractivity contribution is -0.144. The summed E-state index contributed by atoms with van der Waals surface area (Å²) in [7, 11) is 0. The van der Waals surface area contributed by atoms with E-state index in [1.54, 1.807) is 30.8 Å². The second-order valence-corrected chi connectivity index (χ2v) is 6.51. The molecule has 2 N–H and O–H groups in total. The molecule has 0 radical (unpaired) electrons. The first kappa shape index (κ1) is 17.0. The molecule has 0 heterocycles. The summed E-state index contributed by atoms with van der Waals surface area (Å²) in [6, 6.07) is 6.47. The fraction of sp³-hybridized carbons (Fsp3) is 0.533. The van der Waals surface area contributed by atoms with Crippen LogP contribution < -0.4 is 5.32 Å². The van der Waals surface area contributed by atoms with E-state index in [2.05, 4.69) is 5.32 Å². The Hall–Kier alpha value is -1.07. The molecule has 1 aromatic carbocycles. The fourth-order valence-electron chi connectivity index (χ4n) is 2.02. The Bertz CT molecular complexity index is 436. The monoisotopic (exact) mass is 299 g/mol. The van der Waals surface area contributed by atoms with Crippen molar-refractivity contribution in [2.24, 2.45) is 0 Å². The number of hydrogen-bond acceptors (Lipinski definition) is 3. The highest BCUT2D eigenvalue weighted by atomic mass is 32.2. The van der Waals surface area contributed by atoms with Crippen molar-refractivity contribution in [1.82, 2.24) is 5.32 Å². The number of nitrogens with one attached hydrogen (secondary N) is 1. The normalized spacial score (nSPS) is 14.2. The van der Waals surface area contributed by atoms with E-state index >= 15 is 0 Å². The summed E-state index contributed by atoms with van der Waals surface area (Å²) in [5.74, 6) is -0.249. The standard InChI is InChI=1S/C15H22FNO2S/c1-11(2)17-15(3,14(18)19)9-4-10-20-13-7-5-12(16)6-8-13/h5-8,11,17H,4,9-10H2,1-3H3,(H,18,19). The molecule has 0 aliphatic heterocycles. The topological polar surface area (TPSA) is 49.3 Å². The third-order valence-corrected chi connectivity index (χ3v) is 4.08. The van der Waals surface area contributed by atoms with E-state index in [4.69, 9.17) is 0 Å². The zero-order chi connectivity index (χ0) is 15.2. The maximum absolute atomic E-state index is 12.8. The number of thioether (sulfide) groups is 1. The van der Waals surface area contributed by atoms with Crippen LogP contribution in [0.3, 0.4) is 0 Å². The Kier molecular flexibility index (Phi) is 6.49. The van der Waals surface area contributed by atoms with Crippen molar-refractivity contribution in [1.29, 1.82) is 0 Å².